The summed E-state index contributed by atoms with van der Waals surface area (Å²) in [5.41, 5.74) is 0. The van der Waals surface area contributed by atoms with Crippen LogP contribution in [0.3, 0.4) is 0 Å². The van der Waals surface area contributed by atoms with Crippen molar-refractivity contribution < 1.29 is 9.53 Å². The number of piperidine rings is 1. The fourth-order valence-corrected chi connectivity index (χ4v) is 1.69. The first kappa shape index (κ1) is 10.5. The third-order valence-corrected chi connectivity index (χ3v) is 2.59. The number of rotatable bonds is 2. The zero-order chi connectivity index (χ0) is 9.84. The van der Waals surface area contributed by atoms with Crippen LogP contribution in [-0.2, 0) is 9.53 Å². The lowest BCUT2D eigenvalue weighted by Crippen LogP contribution is -2.49. The maximum absolute atomic E-state index is 11.2. The zero-order valence-corrected chi connectivity index (χ0v) is 8.54. The van der Waals surface area contributed by atoms with Gasteiger partial charge in [0.1, 0.15) is 6.04 Å². The first-order valence-electron chi connectivity index (χ1n) is 4.62. The van der Waals surface area contributed by atoms with Gasteiger partial charge in [0.2, 0.25) is 0 Å². The topological polar surface area (TPSA) is 41.6 Å². The summed E-state index contributed by atoms with van der Waals surface area (Å²) in [6.07, 6.45) is 1.94. The molecule has 0 spiro atoms. The molecular weight excluding hydrogens is 168 g/mol. The largest absolute Gasteiger partial charge is 0.468 e. The average Bonchev–Trinajstić information content (AvgIpc) is 2.17. The summed E-state index contributed by atoms with van der Waals surface area (Å²) in [5.74, 6) is -0.147. The van der Waals surface area contributed by atoms with E-state index in [1.165, 1.54) is 7.11 Å². The van der Waals surface area contributed by atoms with Crippen molar-refractivity contribution in [1.82, 2.24) is 10.2 Å². The molecule has 0 aromatic rings. The highest BCUT2D eigenvalue weighted by Crippen LogP contribution is 2.13. The number of ether oxygens (including phenoxy) is 1. The number of carbonyl (C=O) groups is 1. The molecule has 0 radical (unpaired) electrons. The van der Waals surface area contributed by atoms with E-state index in [1.807, 2.05) is 14.1 Å². The van der Waals surface area contributed by atoms with Crippen LogP contribution in [0, 0.1) is 0 Å². The summed E-state index contributed by atoms with van der Waals surface area (Å²) >= 11 is 0. The lowest BCUT2D eigenvalue weighted by Gasteiger charge is -2.32. The molecule has 1 fully saturated rings. The molecule has 4 nitrogen and oxygen atoms in total. The van der Waals surface area contributed by atoms with Gasteiger partial charge in [0.25, 0.3) is 0 Å². The molecule has 1 heterocycles. The summed E-state index contributed by atoms with van der Waals surface area (Å²) in [4.78, 5) is 13.4. The van der Waals surface area contributed by atoms with Gasteiger partial charge in [-0.25, -0.2) is 0 Å². The molecule has 0 saturated carbocycles. The van der Waals surface area contributed by atoms with Gasteiger partial charge < -0.3 is 15.0 Å². The zero-order valence-electron chi connectivity index (χ0n) is 8.54. The third kappa shape index (κ3) is 2.67. The highest BCUT2D eigenvalue weighted by Gasteiger charge is 2.28. The minimum atomic E-state index is -0.147. The van der Waals surface area contributed by atoms with E-state index >= 15 is 0 Å². The van der Waals surface area contributed by atoms with Gasteiger partial charge in [-0.3, -0.25) is 4.79 Å². The molecule has 0 bridgehead atoms. The highest BCUT2D eigenvalue weighted by atomic mass is 16.5. The average molecular weight is 186 g/mol. The molecule has 1 N–H and O–H groups in total. The van der Waals surface area contributed by atoms with E-state index in [0.717, 1.165) is 19.4 Å². The number of carbonyl (C=O) groups excluding carboxylic acids is 1. The Bertz CT molecular complexity index is 182. The van der Waals surface area contributed by atoms with Gasteiger partial charge in [0.15, 0.2) is 0 Å². The molecule has 1 rings (SSSR count). The molecule has 1 aliphatic rings. The lowest BCUT2D eigenvalue weighted by atomic mass is 9.99. The van der Waals surface area contributed by atoms with Crippen LogP contribution in [0.1, 0.15) is 12.8 Å². The Balaban J connectivity index is 2.46. The van der Waals surface area contributed by atoms with Crippen molar-refractivity contribution in [2.75, 3.05) is 27.7 Å². The van der Waals surface area contributed by atoms with E-state index < -0.39 is 0 Å². The summed E-state index contributed by atoms with van der Waals surface area (Å²) < 4.78 is 4.70. The summed E-state index contributed by atoms with van der Waals surface area (Å²) in [7, 11) is 5.53. The first-order valence-corrected chi connectivity index (χ1v) is 4.62. The molecule has 0 aromatic carbocycles. The van der Waals surface area contributed by atoms with E-state index in [2.05, 4.69) is 10.2 Å². The quantitative estimate of drug-likeness (QED) is 0.609. The molecule has 0 amide bonds. The van der Waals surface area contributed by atoms with Gasteiger partial charge in [-0.1, -0.05) is 0 Å². The molecule has 1 aliphatic heterocycles. The van der Waals surface area contributed by atoms with Gasteiger partial charge in [-0.2, -0.15) is 0 Å². The van der Waals surface area contributed by atoms with Crippen molar-refractivity contribution in [3.8, 4) is 0 Å². The second kappa shape index (κ2) is 4.58. The molecule has 1 saturated heterocycles. The Hall–Kier alpha value is -0.610. The van der Waals surface area contributed by atoms with Crippen LogP contribution in [-0.4, -0.2) is 50.7 Å². The smallest absolute Gasteiger partial charge is 0.322 e. The van der Waals surface area contributed by atoms with Crippen molar-refractivity contribution in [2.24, 2.45) is 0 Å². The van der Waals surface area contributed by atoms with Crippen molar-refractivity contribution in [2.45, 2.75) is 24.9 Å². The summed E-state index contributed by atoms with van der Waals surface area (Å²) in [5, 5.41) is 3.15. The predicted octanol–water partition coefficient (Wildman–Crippen LogP) is -0.158. The number of nitrogens with zero attached hydrogens (tertiary/aromatic N) is 1. The van der Waals surface area contributed by atoms with Gasteiger partial charge in [0.05, 0.1) is 7.11 Å². The molecule has 13 heavy (non-hydrogen) atoms. The molecule has 0 unspecified atom stereocenters. The van der Waals surface area contributed by atoms with Gasteiger partial charge in [0, 0.05) is 6.04 Å². The van der Waals surface area contributed by atoms with Crippen molar-refractivity contribution in [3.05, 3.63) is 0 Å². The van der Waals surface area contributed by atoms with Crippen LogP contribution in [0.2, 0.25) is 0 Å². The normalized spacial score (nSPS) is 28.9. The predicted molar refractivity (Wildman–Crippen MR) is 50.5 cm³/mol. The Morgan fingerprint density at radius 1 is 1.54 bits per heavy atom. The van der Waals surface area contributed by atoms with Gasteiger partial charge >= 0.3 is 5.97 Å². The van der Waals surface area contributed by atoms with E-state index in [0.29, 0.717) is 6.04 Å². The molecule has 76 valence electrons. The fourth-order valence-electron chi connectivity index (χ4n) is 1.69. The monoisotopic (exact) mass is 186 g/mol. The molecule has 2 atom stereocenters. The van der Waals surface area contributed by atoms with Crippen molar-refractivity contribution in [1.29, 1.82) is 0 Å². The van der Waals surface area contributed by atoms with E-state index in [-0.39, 0.29) is 12.0 Å². The number of nitrogens with one attached hydrogen (secondary N) is 1. The standard InChI is InChI=1S/C9H18N2O2/c1-11(2)7-4-5-10-8(6-7)9(12)13-3/h7-8,10H,4-6H2,1-3H3/t7-,8+/m1/s1. The van der Waals surface area contributed by atoms with Crippen LogP contribution < -0.4 is 5.32 Å². The molecule has 4 heteroatoms. The maximum atomic E-state index is 11.2. The number of hydrogen-bond donors (Lipinski definition) is 1. The van der Waals surface area contributed by atoms with Crippen LogP contribution in [0.15, 0.2) is 0 Å². The van der Waals surface area contributed by atoms with E-state index in [4.69, 9.17) is 4.74 Å². The highest BCUT2D eigenvalue weighted by molar-refractivity contribution is 5.75. The minimum Gasteiger partial charge on any atom is -0.468 e. The molecule has 0 aliphatic carbocycles. The SMILES string of the molecule is COC(=O)[C@@H]1C[C@H](N(C)C)CCN1. The second-order valence-electron chi connectivity index (χ2n) is 3.67. The van der Waals surface area contributed by atoms with Crippen LogP contribution in [0.4, 0.5) is 0 Å². The molecule has 0 aromatic heterocycles. The molecular formula is C9H18N2O2. The van der Waals surface area contributed by atoms with E-state index in [9.17, 15) is 4.79 Å². The first-order chi connectivity index (χ1) is 6.15. The van der Waals surface area contributed by atoms with Crippen LogP contribution >= 0.6 is 0 Å². The Morgan fingerprint density at radius 3 is 2.77 bits per heavy atom. The van der Waals surface area contributed by atoms with Gasteiger partial charge in [-0.05, 0) is 33.5 Å². The lowest BCUT2D eigenvalue weighted by molar-refractivity contribution is -0.144. The Morgan fingerprint density at radius 2 is 2.23 bits per heavy atom. The summed E-state index contributed by atoms with van der Waals surface area (Å²) in [6.45, 7) is 0.891. The number of esters is 1. The van der Waals surface area contributed by atoms with Crippen molar-refractivity contribution >= 4 is 5.97 Å². The number of hydrogen-bond acceptors (Lipinski definition) is 4. The fraction of sp³-hybridized carbons (Fsp3) is 0.889. The van der Waals surface area contributed by atoms with E-state index in [1.54, 1.807) is 0 Å². The Kier molecular flexibility index (Phi) is 3.69. The van der Waals surface area contributed by atoms with Gasteiger partial charge in [-0.15, -0.1) is 0 Å². The Labute approximate surface area is 79.2 Å². The van der Waals surface area contributed by atoms with Crippen LogP contribution in [0.25, 0.3) is 0 Å². The maximum Gasteiger partial charge on any atom is 0.322 e. The second-order valence-corrected chi connectivity index (χ2v) is 3.67. The summed E-state index contributed by atoms with van der Waals surface area (Å²) in [6, 6.07) is 0.372. The third-order valence-electron chi connectivity index (χ3n) is 2.59. The van der Waals surface area contributed by atoms with Crippen molar-refractivity contribution in [3.63, 3.8) is 0 Å². The number of methoxy groups -OCH3 is 1. The minimum absolute atomic E-state index is 0.119. The van der Waals surface area contributed by atoms with Crippen LogP contribution in [0.5, 0.6) is 0 Å².